The molecule has 6 heteroatoms. The van der Waals surface area contributed by atoms with Gasteiger partial charge < -0.3 is 10.6 Å². The van der Waals surface area contributed by atoms with Crippen LogP contribution in [0.1, 0.15) is 56.8 Å². The van der Waals surface area contributed by atoms with E-state index in [4.69, 9.17) is 11.6 Å². The van der Waals surface area contributed by atoms with E-state index in [0.29, 0.717) is 5.02 Å². The van der Waals surface area contributed by atoms with Crippen LogP contribution in [0.4, 0.5) is 11.6 Å². The lowest BCUT2D eigenvalue weighted by atomic mass is 10.1. The third-order valence-electron chi connectivity index (χ3n) is 5.10. The number of nitrogens with one attached hydrogen (secondary N) is 2. The zero-order valence-electron chi connectivity index (χ0n) is 18.0. The van der Waals surface area contributed by atoms with Crippen LogP contribution in [0.3, 0.4) is 0 Å². The third kappa shape index (κ3) is 6.84. The van der Waals surface area contributed by atoms with Gasteiger partial charge >= 0.3 is 0 Å². The van der Waals surface area contributed by atoms with E-state index in [2.05, 4.69) is 38.6 Å². The van der Waals surface area contributed by atoms with Crippen LogP contribution in [-0.4, -0.2) is 28.0 Å². The van der Waals surface area contributed by atoms with Crippen LogP contribution < -0.4 is 10.6 Å². The Balaban J connectivity index is 1.41. The standard InChI is InChI=1S/C24H32ClN5/c1-3-4-7-14-28-24-29-18(2)16-20(30-24)9-6-5-8-13-26-22-12-15-27-23-17-19(25)10-11-21(22)23/h10-12,15-17H,3-9,13-14H2,1-2H3,(H,26,27)(H,28,29,30). The average molecular weight is 426 g/mol. The minimum atomic E-state index is 0.714. The molecule has 3 aromatic rings. The highest BCUT2D eigenvalue weighted by atomic mass is 35.5. The predicted molar refractivity (Wildman–Crippen MR) is 128 cm³/mol. The molecule has 0 saturated carbocycles. The summed E-state index contributed by atoms with van der Waals surface area (Å²) in [7, 11) is 0. The molecule has 0 bridgehead atoms. The summed E-state index contributed by atoms with van der Waals surface area (Å²) < 4.78 is 0. The maximum absolute atomic E-state index is 6.07. The number of unbranched alkanes of at least 4 members (excludes halogenated alkanes) is 4. The van der Waals surface area contributed by atoms with Crippen LogP contribution in [0, 0.1) is 6.92 Å². The second-order valence-electron chi connectivity index (χ2n) is 7.72. The van der Waals surface area contributed by atoms with Gasteiger partial charge in [0, 0.05) is 46.8 Å². The lowest BCUT2D eigenvalue weighted by Crippen LogP contribution is -2.08. The molecule has 0 spiro atoms. The molecular weight excluding hydrogens is 394 g/mol. The van der Waals surface area contributed by atoms with Gasteiger partial charge in [0.1, 0.15) is 0 Å². The van der Waals surface area contributed by atoms with Gasteiger partial charge in [-0.15, -0.1) is 0 Å². The monoisotopic (exact) mass is 425 g/mol. The lowest BCUT2D eigenvalue weighted by molar-refractivity contribution is 0.687. The molecule has 30 heavy (non-hydrogen) atoms. The van der Waals surface area contributed by atoms with Gasteiger partial charge in [0.05, 0.1) is 5.52 Å². The summed E-state index contributed by atoms with van der Waals surface area (Å²) in [5.41, 5.74) is 4.20. The zero-order chi connectivity index (χ0) is 21.2. The topological polar surface area (TPSA) is 62.7 Å². The van der Waals surface area contributed by atoms with Gasteiger partial charge in [0.15, 0.2) is 0 Å². The summed E-state index contributed by atoms with van der Waals surface area (Å²) in [4.78, 5) is 13.6. The molecule has 0 aliphatic carbocycles. The molecule has 160 valence electrons. The Morgan fingerprint density at radius 2 is 1.73 bits per heavy atom. The molecule has 0 amide bonds. The van der Waals surface area contributed by atoms with Gasteiger partial charge in [0.2, 0.25) is 5.95 Å². The number of aromatic nitrogens is 3. The Morgan fingerprint density at radius 3 is 2.60 bits per heavy atom. The summed E-state index contributed by atoms with van der Waals surface area (Å²) in [5.74, 6) is 0.771. The molecule has 2 heterocycles. The first-order valence-electron chi connectivity index (χ1n) is 11.0. The molecule has 0 fully saturated rings. The number of hydrogen-bond acceptors (Lipinski definition) is 5. The van der Waals surface area contributed by atoms with Gasteiger partial charge in [-0.1, -0.05) is 37.8 Å². The van der Waals surface area contributed by atoms with Crippen LogP contribution in [0.25, 0.3) is 10.9 Å². The van der Waals surface area contributed by atoms with E-state index in [1.54, 1.807) is 0 Å². The molecule has 1 aromatic carbocycles. The van der Waals surface area contributed by atoms with Crippen LogP contribution in [0.15, 0.2) is 36.5 Å². The van der Waals surface area contributed by atoms with E-state index in [-0.39, 0.29) is 0 Å². The predicted octanol–water partition coefficient (Wildman–Crippen LogP) is 6.41. The molecule has 0 atom stereocenters. The number of halogens is 1. The Labute approximate surface area is 184 Å². The van der Waals surface area contributed by atoms with E-state index in [9.17, 15) is 0 Å². The number of anilines is 2. The first-order chi connectivity index (χ1) is 14.7. The summed E-state index contributed by atoms with van der Waals surface area (Å²) in [5, 5.41) is 8.72. The first kappa shape index (κ1) is 22.3. The third-order valence-corrected chi connectivity index (χ3v) is 5.34. The molecule has 3 rings (SSSR count). The number of nitrogens with zero attached hydrogens (tertiary/aromatic N) is 3. The van der Waals surface area contributed by atoms with Gasteiger partial charge in [-0.2, -0.15) is 0 Å². The van der Waals surface area contributed by atoms with Crippen molar-refractivity contribution in [2.75, 3.05) is 23.7 Å². The molecule has 5 nitrogen and oxygen atoms in total. The summed E-state index contributed by atoms with van der Waals surface area (Å²) in [6, 6.07) is 9.96. The fraction of sp³-hybridized carbons (Fsp3) is 0.458. The van der Waals surface area contributed by atoms with Crippen molar-refractivity contribution in [1.29, 1.82) is 0 Å². The molecule has 0 radical (unpaired) electrons. The van der Waals surface area contributed by atoms with Crippen LogP contribution >= 0.6 is 11.6 Å². The Bertz CT molecular complexity index is 944. The first-order valence-corrected chi connectivity index (χ1v) is 11.4. The van der Waals surface area contributed by atoms with Gasteiger partial charge in [0.25, 0.3) is 0 Å². The van der Waals surface area contributed by atoms with Crippen molar-refractivity contribution in [3.8, 4) is 0 Å². The van der Waals surface area contributed by atoms with E-state index >= 15 is 0 Å². The van der Waals surface area contributed by atoms with Gasteiger partial charge in [-0.05, 0) is 62.9 Å². The van der Waals surface area contributed by atoms with Gasteiger partial charge in [-0.3, -0.25) is 4.98 Å². The van der Waals surface area contributed by atoms with E-state index in [1.165, 1.54) is 12.8 Å². The SMILES string of the molecule is CCCCCNc1nc(C)cc(CCCCCNc2ccnc3cc(Cl)ccc23)n1. The second-order valence-corrected chi connectivity index (χ2v) is 8.15. The number of aryl methyl sites for hydroxylation is 2. The van der Waals surface area contributed by atoms with Crippen molar-refractivity contribution in [3.63, 3.8) is 0 Å². The zero-order valence-corrected chi connectivity index (χ0v) is 18.8. The van der Waals surface area contributed by atoms with Crippen LogP contribution in [-0.2, 0) is 6.42 Å². The molecule has 0 saturated heterocycles. The molecule has 0 unspecified atom stereocenters. The highest BCUT2D eigenvalue weighted by Crippen LogP contribution is 2.24. The maximum Gasteiger partial charge on any atom is 0.223 e. The number of benzene rings is 1. The number of hydrogen-bond donors (Lipinski definition) is 2. The molecular formula is C24H32ClN5. The molecule has 2 N–H and O–H groups in total. The van der Waals surface area contributed by atoms with Crippen LogP contribution in [0.5, 0.6) is 0 Å². The van der Waals surface area contributed by atoms with Crippen LogP contribution in [0.2, 0.25) is 5.02 Å². The average Bonchev–Trinajstić information content (AvgIpc) is 2.73. The molecule has 2 aromatic heterocycles. The summed E-state index contributed by atoms with van der Waals surface area (Å²) in [6.07, 6.45) is 9.84. The number of rotatable bonds is 12. The Kier molecular flexibility index (Phi) is 8.69. The van der Waals surface area contributed by atoms with Crippen molar-refractivity contribution in [2.24, 2.45) is 0 Å². The van der Waals surface area contributed by atoms with Crippen molar-refractivity contribution < 1.29 is 0 Å². The highest BCUT2D eigenvalue weighted by Gasteiger charge is 2.04. The normalized spacial score (nSPS) is 11.0. The van der Waals surface area contributed by atoms with E-state index in [0.717, 1.165) is 79.1 Å². The number of fused-ring (bicyclic) bond motifs is 1. The maximum atomic E-state index is 6.07. The fourth-order valence-corrected chi connectivity index (χ4v) is 3.69. The minimum absolute atomic E-state index is 0.714. The highest BCUT2D eigenvalue weighted by molar-refractivity contribution is 6.31. The Morgan fingerprint density at radius 1 is 0.900 bits per heavy atom. The molecule has 0 aliphatic rings. The number of pyridine rings is 1. The molecule has 0 aliphatic heterocycles. The minimum Gasteiger partial charge on any atom is -0.384 e. The van der Waals surface area contributed by atoms with Crippen molar-refractivity contribution in [1.82, 2.24) is 15.0 Å². The quantitative estimate of drug-likeness (QED) is 0.328. The van der Waals surface area contributed by atoms with E-state index in [1.807, 2.05) is 37.4 Å². The lowest BCUT2D eigenvalue weighted by Gasteiger charge is -2.10. The second kappa shape index (κ2) is 11.7. The Hall–Kier alpha value is -2.40. The van der Waals surface area contributed by atoms with Crippen molar-refractivity contribution in [3.05, 3.63) is 52.9 Å². The smallest absolute Gasteiger partial charge is 0.223 e. The van der Waals surface area contributed by atoms with Crippen molar-refractivity contribution >= 4 is 34.1 Å². The van der Waals surface area contributed by atoms with Gasteiger partial charge in [-0.25, -0.2) is 9.97 Å². The van der Waals surface area contributed by atoms with E-state index < -0.39 is 0 Å². The fourth-order valence-electron chi connectivity index (χ4n) is 3.52. The van der Waals surface area contributed by atoms with Crippen molar-refractivity contribution in [2.45, 2.75) is 58.8 Å². The largest absolute Gasteiger partial charge is 0.384 e. The summed E-state index contributed by atoms with van der Waals surface area (Å²) in [6.45, 7) is 6.14. The summed E-state index contributed by atoms with van der Waals surface area (Å²) >= 11 is 6.07.